The van der Waals surface area contributed by atoms with Gasteiger partial charge in [0, 0.05) is 18.3 Å². The minimum absolute atomic E-state index is 0.00575. The molecule has 104 valence electrons. The van der Waals surface area contributed by atoms with Gasteiger partial charge in [-0.15, -0.1) is 0 Å². The van der Waals surface area contributed by atoms with Crippen LogP contribution in [0.4, 0.5) is 14.6 Å². The maximum absolute atomic E-state index is 13.5. The molecule has 0 spiro atoms. The van der Waals surface area contributed by atoms with E-state index in [0.717, 1.165) is 12.3 Å². The van der Waals surface area contributed by atoms with Crippen LogP contribution in [0.3, 0.4) is 0 Å². The highest BCUT2D eigenvalue weighted by Crippen LogP contribution is 2.17. The van der Waals surface area contributed by atoms with Gasteiger partial charge in [0.05, 0.1) is 5.56 Å². The lowest BCUT2D eigenvalue weighted by atomic mass is 10.2. The molecule has 0 bridgehead atoms. The third-order valence-electron chi connectivity index (χ3n) is 2.50. The predicted molar refractivity (Wildman–Crippen MR) is 69.2 cm³/mol. The SMILES string of the molecule is NC(=O)c1cnc(Cl)nc1NCc1cccc(F)c1F. The van der Waals surface area contributed by atoms with Gasteiger partial charge in [-0.25, -0.2) is 13.8 Å². The second-order valence-electron chi connectivity index (χ2n) is 3.83. The molecule has 20 heavy (non-hydrogen) atoms. The molecule has 1 aromatic heterocycles. The van der Waals surface area contributed by atoms with Gasteiger partial charge in [-0.1, -0.05) is 12.1 Å². The van der Waals surface area contributed by atoms with E-state index in [1.165, 1.54) is 12.1 Å². The van der Waals surface area contributed by atoms with E-state index in [1.807, 2.05) is 0 Å². The largest absolute Gasteiger partial charge is 0.365 e. The summed E-state index contributed by atoms with van der Waals surface area (Å²) in [6.45, 7) is -0.0861. The third kappa shape index (κ3) is 3.00. The van der Waals surface area contributed by atoms with E-state index in [-0.39, 0.29) is 28.8 Å². The number of amides is 1. The van der Waals surface area contributed by atoms with Crippen molar-refractivity contribution < 1.29 is 13.6 Å². The highest BCUT2D eigenvalue weighted by Gasteiger charge is 2.13. The molecule has 0 aliphatic heterocycles. The summed E-state index contributed by atoms with van der Waals surface area (Å²) in [5.41, 5.74) is 5.24. The first kappa shape index (κ1) is 14.1. The van der Waals surface area contributed by atoms with Crippen LogP contribution in [0.5, 0.6) is 0 Å². The number of halogens is 3. The van der Waals surface area contributed by atoms with E-state index in [9.17, 15) is 13.6 Å². The third-order valence-corrected chi connectivity index (χ3v) is 2.68. The molecule has 1 aromatic carbocycles. The number of nitrogens with zero attached hydrogens (tertiary/aromatic N) is 2. The van der Waals surface area contributed by atoms with Gasteiger partial charge in [0.1, 0.15) is 5.82 Å². The summed E-state index contributed by atoms with van der Waals surface area (Å²) in [6.07, 6.45) is 1.15. The lowest BCUT2D eigenvalue weighted by Gasteiger charge is -2.09. The smallest absolute Gasteiger partial charge is 0.254 e. The summed E-state index contributed by atoms with van der Waals surface area (Å²) in [4.78, 5) is 18.6. The molecule has 5 nitrogen and oxygen atoms in total. The van der Waals surface area contributed by atoms with Crippen LogP contribution in [0.2, 0.25) is 5.28 Å². The number of nitrogens with two attached hydrogens (primary N) is 1. The Hall–Kier alpha value is -2.28. The van der Waals surface area contributed by atoms with Gasteiger partial charge in [0.2, 0.25) is 5.28 Å². The normalized spacial score (nSPS) is 10.3. The fourth-order valence-electron chi connectivity index (χ4n) is 1.54. The molecule has 0 aliphatic rings. The molecule has 1 amide bonds. The lowest BCUT2D eigenvalue weighted by molar-refractivity contribution is 0.100. The van der Waals surface area contributed by atoms with Crippen molar-refractivity contribution in [2.45, 2.75) is 6.54 Å². The van der Waals surface area contributed by atoms with Gasteiger partial charge in [-0.05, 0) is 17.7 Å². The number of nitrogens with one attached hydrogen (secondary N) is 1. The maximum atomic E-state index is 13.5. The van der Waals surface area contributed by atoms with E-state index in [4.69, 9.17) is 17.3 Å². The molecular weight excluding hydrogens is 290 g/mol. The molecule has 1 heterocycles. The highest BCUT2D eigenvalue weighted by molar-refractivity contribution is 6.28. The van der Waals surface area contributed by atoms with Crippen molar-refractivity contribution in [1.29, 1.82) is 0 Å². The van der Waals surface area contributed by atoms with Gasteiger partial charge in [0.15, 0.2) is 11.6 Å². The van der Waals surface area contributed by atoms with Crippen molar-refractivity contribution in [1.82, 2.24) is 9.97 Å². The van der Waals surface area contributed by atoms with Crippen LogP contribution in [0, 0.1) is 11.6 Å². The van der Waals surface area contributed by atoms with Gasteiger partial charge in [-0.2, -0.15) is 4.98 Å². The van der Waals surface area contributed by atoms with Crippen LogP contribution in [-0.4, -0.2) is 15.9 Å². The average molecular weight is 299 g/mol. The Morgan fingerprint density at radius 3 is 2.85 bits per heavy atom. The molecule has 0 radical (unpaired) electrons. The molecule has 0 atom stereocenters. The molecule has 3 N–H and O–H groups in total. The van der Waals surface area contributed by atoms with Gasteiger partial charge in [-0.3, -0.25) is 4.79 Å². The number of primary amides is 1. The van der Waals surface area contributed by atoms with E-state index in [2.05, 4.69) is 15.3 Å². The molecule has 2 rings (SSSR count). The van der Waals surface area contributed by atoms with Crippen molar-refractivity contribution in [3.8, 4) is 0 Å². The van der Waals surface area contributed by atoms with Gasteiger partial charge < -0.3 is 11.1 Å². The van der Waals surface area contributed by atoms with E-state index < -0.39 is 17.5 Å². The van der Waals surface area contributed by atoms with Crippen molar-refractivity contribution in [3.05, 3.63) is 52.4 Å². The zero-order valence-corrected chi connectivity index (χ0v) is 10.8. The maximum Gasteiger partial charge on any atom is 0.254 e. The van der Waals surface area contributed by atoms with Crippen molar-refractivity contribution in [2.24, 2.45) is 5.73 Å². The van der Waals surface area contributed by atoms with Crippen LogP contribution in [0.1, 0.15) is 15.9 Å². The van der Waals surface area contributed by atoms with Crippen LogP contribution >= 0.6 is 11.6 Å². The Bertz CT molecular complexity index is 666. The van der Waals surface area contributed by atoms with Gasteiger partial charge >= 0.3 is 0 Å². The van der Waals surface area contributed by atoms with E-state index in [1.54, 1.807) is 0 Å². The fourth-order valence-corrected chi connectivity index (χ4v) is 1.67. The standard InChI is InChI=1S/C12H9ClF2N4O/c13-12-18-5-7(10(16)20)11(19-12)17-4-6-2-1-3-8(14)9(6)15/h1-3,5H,4H2,(H2,16,20)(H,17,18,19). The first-order chi connectivity index (χ1) is 9.49. The minimum Gasteiger partial charge on any atom is -0.365 e. The van der Waals surface area contributed by atoms with Crippen LogP contribution in [-0.2, 0) is 6.54 Å². The molecule has 0 fully saturated rings. The number of benzene rings is 1. The molecule has 8 heteroatoms. The Labute approximate surface area is 117 Å². The zero-order valence-electron chi connectivity index (χ0n) is 10.0. The first-order valence-electron chi connectivity index (χ1n) is 5.48. The van der Waals surface area contributed by atoms with Crippen molar-refractivity contribution in [2.75, 3.05) is 5.32 Å². The number of carbonyl (C=O) groups excluding carboxylic acids is 1. The number of anilines is 1. The topological polar surface area (TPSA) is 80.9 Å². The number of rotatable bonds is 4. The Kier molecular flexibility index (Phi) is 4.09. The second kappa shape index (κ2) is 5.79. The summed E-state index contributed by atoms with van der Waals surface area (Å²) < 4.78 is 26.5. The predicted octanol–water partition coefficient (Wildman–Crippen LogP) is 2.12. The van der Waals surface area contributed by atoms with Crippen molar-refractivity contribution >= 4 is 23.3 Å². The molecule has 2 aromatic rings. The van der Waals surface area contributed by atoms with Gasteiger partial charge in [0.25, 0.3) is 5.91 Å². The van der Waals surface area contributed by atoms with Crippen LogP contribution in [0.25, 0.3) is 0 Å². The summed E-state index contributed by atoms with van der Waals surface area (Å²) in [5, 5.41) is 2.58. The minimum atomic E-state index is -0.972. The number of hydrogen-bond acceptors (Lipinski definition) is 4. The summed E-state index contributed by atoms with van der Waals surface area (Å²) in [7, 11) is 0. The summed E-state index contributed by atoms with van der Waals surface area (Å²) >= 11 is 5.61. The Morgan fingerprint density at radius 1 is 1.40 bits per heavy atom. The molecule has 0 unspecified atom stereocenters. The Morgan fingerprint density at radius 2 is 2.15 bits per heavy atom. The summed E-state index contributed by atoms with van der Waals surface area (Å²) in [5.74, 6) is -2.63. The monoisotopic (exact) mass is 298 g/mol. The van der Waals surface area contributed by atoms with E-state index >= 15 is 0 Å². The fraction of sp³-hybridized carbons (Fsp3) is 0.0833. The molecular formula is C12H9ClF2N4O. The summed E-state index contributed by atoms with van der Waals surface area (Å²) in [6, 6.07) is 3.78. The number of carbonyl (C=O) groups is 1. The van der Waals surface area contributed by atoms with Crippen LogP contribution < -0.4 is 11.1 Å². The average Bonchev–Trinajstić information content (AvgIpc) is 2.40. The Balaban J connectivity index is 2.24. The number of hydrogen-bond donors (Lipinski definition) is 2. The number of aromatic nitrogens is 2. The second-order valence-corrected chi connectivity index (χ2v) is 4.17. The van der Waals surface area contributed by atoms with Crippen LogP contribution in [0.15, 0.2) is 24.4 Å². The molecule has 0 saturated heterocycles. The molecule has 0 saturated carbocycles. The zero-order chi connectivity index (χ0) is 14.7. The highest BCUT2D eigenvalue weighted by atomic mass is 35.5. The lowest BCUT2D eigenvalue weighted by Crippen LogP contribution is -2.16. The van der Waals surface area contributed by atoms with E-state index in [0.29, 0.717) is 0 Å². The molecule has 0 aliphatic carbocycles. The van der Waals surface area contributed by atoms with Crippen molar-refractivity contribution in [3.63, 3.8) is 0 Å². The quantitative estimate of drug-likeness (QED) is 0.847. The first-order valence-corrected chi connectivity index (χ1v) is 5.86.